The molecule has 2 aromatic rings. The van der Waals surface area contributed by atoms with Crippen LogP contribution in [0, 0.1) is 0 Å². The van der Waals surface area contributed by atoms with Gasteiger partial charge in [-0.05, 0) is 55.5 Å². The molecule has 0 fully saturated rings. The molecule has 0 amide bonds. The van der Waals surface area contributed by atoms with E-state index < -0.39 is 5.97 Å². The summed E-state index contributed by atoms with van der Waals surface area (Å²) in [6.07, 6.45) is 1.54. The van der Waals surface area contributed by atoms with Crippen LogP contribution in [0.5, 0.6) is 23.0 Å². The van der Waals surface area contributed by atoms with Crippen LogP contribution in [-0.2, 0) is 4.79 Å². The van der Waals surface area contributed by atoms with E-state index in [0.29, 0.717) is 28.8 Å². The highest BCUT2D eigenvalue weighted by molar-refractivity contribution is 7.80. The van der Waals surface area contributed by atoms with Crippen LogP contribution in [0.4, 0.5) is 5.69 Å². The Morgan fingerprint density at radius 3 is 2.28 bits per heavy atom. The van der Waals surface area contributed by atoms with Gasteiger partial charge in [0.15, 0.2) is 16.6 Å². The molecule has 0 saturated carbocycles. The van der Waals surface area contributed by atoms with Gasteiger partial charge in [-0.2, -0.15) is 5.10 Å². The van der Waals surface area contributed by atoms with E-state index in [1.54, 1.807) is 12.1 Å². The predicted molar refractivity (Wildman–Crippen MR) is 115 cm³/mol. The van der Waals surface area contributed by atoms with Crippen molar-refractivity contribution in [2.45, 2.75) is 13.8 Å². The summed E-state index contributed by atoms with van der Waals surface area (Å²) in [5.74, 6) is 1.21. The highest BCUT2D eigenvalue weighted by Crippen LogP contribution is 2.38. The Labute approximate surface area is 174 Å². The number of carbonyl (C=O) groups is 1. The molecule has 0 heterocycles. The van der Waals surface area contributed by atoms with Crippen molar-refractivity contribution in [2.24, 2.45) is 5.10 Å². The minimum Gasteiger partial charge on any atom is -0.494 e. The van der Waals surface area contributed by atoms with Gasteiger partial charge in [0.05, 0.1) is 27.0 Å². The van der Waals surface area contributed by atoms with E-state index in [0.717, 1.165) is 11.4 Å². The van der Waals surface area contributed by atoms with Crippen molar-refractivity contribution in [3.63, 3.8) is 0 Å². The minimum atomic E-state index is -0.476. The van der Waals surface area contributed by atoms with Crippen LogP contribution in [0.25, 0.3) is 0 Å². The summed E-state index contributed by atoms with van der Waals surface area (Å²) < 4.78 is 21.1. The number of hydrogen-bond donors (Lipinski definition) is 2. The van der Waals surface area contributed by atoms with Gasteiger partial charge in [-0.15, -0.1) is 0 Å². The van der Waals surface area contributed by atoms with E-state index >= 15 is 0 Å². The van der Waals surface area contributed by atoms with Crippen LogP contribution in [0.1, 0.15) is 19.4 Å². The van der Waals surface area contributed by atoms with Crippen molar-refractivity contribution < 1.29 is 23.7 Å². The second kappa shape index (κ2) is 10.9. The van der Waals surface area contributed by atoms with Gasteiger partial charge in [-0.3, -0.25) is 10.2 Å². The maximum absolute atomic E-state index is 11.3. The lowest BCUT2D eigenvalue weighted by Gasteiger charge is -2.13. The molecule has 2 aromatic carbocycles. The number of esters is 1. The molecular formula is C20H23N3O5S. The molecule has 0 bridgehead atoms. The van der Waals surface area contributed by atoms with Crippen LogP contribution in [0.3, 0.4) is 0 Å². The molecule has 0 aliphatic carbocycles. The minimum absolute atomic E-state index is 0.209. The Morgan fingerprint density at radius 2 is 1.76 bits per heavy atom. The van der Waals surface area contributed by atoms with Gasteiger partial charge in [0.2, 0.25) is 5.75 Å². The molecule has 0 aromatic heterocycles. The monoisotopic (exact) mass is 417 g/mol. The molecule has 8 nitrogen and oxygen atoms in total. The maximum Gasteiger partial charge on any atom is 0.308 e. The molecule has 0 unspecified atom stereocenters. The molecule has 0 aliphatic rings. The number of anilines is 1. The number of hydrogen-bond acceptors (Lipinski definition) is 7. The normalized spacial score (nSPS) is 10.3. The van der Waals surface area contributed by atoms with Crippen LogP contribution < -0.4 is 29.7 Å². The molecule has 0 radical (unpaired) electrons. The fourth-order valence-electron chi connectivity index (χ4n) is 2.34. The van der Waals surface area contributed by atoms with E-state index in [1.807, 2.05) is 31.2 Å². The molecule has 0 spiro atoms. The summed E-state index contributed by atoms with van der Waals surface area (Å²) in [7, 11) is 2.94. The zero-order chi connectivity index (χ0) is 21.2. The second-order valence-electron chi connectivity index (χ2n) is 5.63. The highest BCUT2D eigenvalue weighted by atomic mass is 32.1. The number of carbonyl (C=O) groups excluding carboxylic acids is 1. The SMILES string of the molecule is CCOc1ccc(NC(=S)N/N=C\c2cc(OC)c(OC(C)=O)c(OC)c2)cc1. The van der Waals surface area contributed by atoms with Gasteiger partial charge < -0.3 is 24.3 Å². The average Bonchev–Trinajstić information content (AvgIpc) is 2.70. The number of ether oxygens (including phenoxy) is 4. The van der Waals surface area contributed by atoms with E-state index in [2.05, 4.69) is 15.8 Å². The second-order valence-corrected chi connectivity index (χ2v) is 6.04. The predicted octanol–water partition coefficient (Wildman–Crippen LogP) is 3.35. The fourth-order valence-corrected chi connectivity index (χ4v) is 2.52. The number of thiocarbonyl (C=S) groups is 1. The third-order valence-corrected chi connectivity index (χ3v) is 3.72. The Kier molecular flexibility index (Phi) is 8.23. The molecule has 2 N–H and O–H groups in total. The van der Waals surface area contributed by atoms with Crippen molar-refractivity contribution in [3.8, 4) is 23.0 Å². The quantitative estimate of drug-likeness (QED) is 0.222. The van der Waals surface area contributed by atoms with Crippen LogP contribution >= 0.6 is 12.2 Å². The standard InChI is InChI=1S/C20H23N3O5S/c1-5-27-16-8-6-15(7-9-16)22-20(29)23-21-12-14-10-17(25-3)19(28-13(2)24)18(11-14)26-4/h6-12H,5H2,1-4H3,(H2,22,23,29)/b21-12-. The highest BCUT2D eigenvalue weighted by Gasteiger charge is 2.15. The third-order valence-electron chi connectivity index (χ3n) is 3.53. The lowest BCUT2D eigenvalue weighted by atomic mass is 10.2. The van der Waals surface area contributed by atoms with Crippen molar-refractivity contribution >= 4 is 35.2 Å². The van der Waals surface area contributed by atoms with Crippen molar-refractivity contribution in [1.82, 2.24) is 5.43 Å². The van der Waals surface area contributed by atoms with Crippen LogP contribution in [-0.4, -0.2) is 38.1 Å². The van der Waals surface area contributed by atoms with Gasteiger partial charge in [-0.1, -0.05) is 0 Å². The Morgan fingerprint density at radius 1 is 1.14 bits per heavy atom. The largest absolute Gasteiger partial charge is 0.494 e. The number of rotatable bonds is 8. The van der Waals surface area contributed by atoms with E-state index in [-0.39, 0.29) is 5.75 Å². The third kappa shape index (κ3) is 6.65. The number of nitrogens with one attached hydrogen (secondary N) is 2. The molecule has 154 valence electrons. The summed E-state index contributed by atoms with van der Waals surface area (Å²) >= 11 is 5.23. The van der Waals surface area contributed by atoms with Gasteiger partial charge in [-0.25, -0.2) is 0 Å². The van der Waals surface area contributed by atoms with E-state index in [4.69, 9.17) is 31.2 Å². The van der Waals surface area contributed by atoms with Crippen LogP contribution in [0.2, 0.25) is 0 Å². The number of benzene rings is 2. The molecule has 29 heavy (non-hydrogen) atoms. The summed E-state index contributed by atoms with van der Waals surface area (Å²) in [5.41, 5.74) is 4.19. The van der Waals surface area contributed by atoms with E-state index in [9.17, 15) is 4.79 Å². The lowest BCUT2D eigenvalue weighted by molar-refractivity contribution is -0.132. The molecule has 2 rings (SSSR count). The van der Waals surface area contributed by atoms with Gasteiger partial charge in [0.25, 0.3) is 0 Å². The molecular weight excluding hydrogens is 394 g/mol. The maximum atomic E-state index is 11.3. The molecule has 0 aliphatic heterocycles. The number of hydrazone groups is 1. The van der Waals surface area contributed by atoms with Crippen LogP contribution in [0.15, 0.2) is 41.5 Å². The zero-order valence-corrected chi connectivity index (χ0v) is 17.5. The Hall–Kier alpha value is -3.33. The van der Waals surface area contributed by atoms with Crippen molar-refractivity contribution in [2.75, 3.05) is 26.1 Å². The van der Waals surface area contributed by atoms with Crippen molar-refractivity contribution in [1.29, 1.82) is 0 Å². The topological polar surface area (TPSA) is 90.4 Å². The molecule has 9 heteroatoms. The first kappa shape index (κ1) is 22.0. The zero-order valence-electron chi connectivity index (χ0n) is 16.6. The first-order chi connectivity index (χ1) is 14.0. The average molecular weight is 417 g/mol. The fraction of sp³-hybridized carbons (Fsp3) is 0.250. The Balaban J connectivity index is 2.03. The first-order valence-corrected chi connectivity index (χ1v) is 9.15. The molecule has 0 atom stereocenters. The summed E-state index contributed by atoms with van der Waals surface area (Å²) in [4.78, 5) is 11.3. The summed E-state index contributed by atoms with van der Waals surface area (Å²) in [5, 5.41) is 7.44. The van der Waals surface area contributed by atoms with E-state index in [1.165, 1.54) is 27.4 Å². The number of methoxy groups -OCH3 is 2. The van der Waals surface area contributed by atoms with Gasteiger partial charge in [0, 0.05) is 18.2 Å². The summed E-state index contributed by atoms with van der Waals surface area (Å²) in [6, 6.07) is 10.7. The van der Waals surface area contributed by atoms with Crippen molar-refractivity contribution in [3.05, 3.63) is 42.0 Å². The molecule has 0 saturated heterocycles. The smallest absolute Gasteiger partial charge is 0.308 e. The number of nitrogens with zero attached hydrogens (tertiary/aromatic N) is 1. The summed E-state index contributed by atoms with van der Waals surface area (Å²) in [6.45, 7) is 3.84. The lowest BCUT2D eigenvalue weighted by Crippen LogP contribution is -2.23. The Bertz CT molecular complexity index is 859. The first-order valence-electron chi connectivity index (χ1n) is 8.74. The van der Waals surface area contributed by atoms with Gasteiger partial charge in [0.1, 0.15) is 5.75 Å². The van der Waals surface area contributed by atoms with Gasteiger partial charge >= 0.3 is 5.97 Å².